The van der Waals surface area contributed by atoms with E-state index in [4.69, 9.17) is 9.47 Å². The number of imidazole rings is 1. The summed E-state index contributed by atoms with van der Waals surface area (Å²) in [5.74, 6) is -0.785. The highest BCUT2D eigenvalue weighted by atomic mass is 32.1. The number of hydrogen-bond acceptors (Lipinski definition) is 7. The van der Waals surface area contributed by atoms with Crippen LogP contribution in [0.3, 0.4) is 0 Å². The van der Waals surface area contributed by atoms with Gasteiger partial charge in [0.25, 0.3) is 5.91 Å². The second-order valence-electron chi connectivity index (χ2n) is 8.30. The minimum atomic E-state index is -0.996. The van der Waals surface area contributed by atoms with E-state index in [1.165, 1.54) is 11.3 Å². The predicted octanol–water partition coefficient (Wildman–Crippen LogP) is 5.16. The van der Waals surface area contributed by atoms with Crippen molar-refractivity contribution in [2.45, 2.75) is 58.5 Å². The van der Waals surface area contributed by atoms with E-state index >= 15 is 0 Å². The Morgan fingerprint density at radius 3 is 2.54 bits per heavy atom. The van der Waals surface area contributed by atoms with Gasteiger partial charge in [-0.25, -0.2) is 14.6 Å². The van der Waals surface area contributed by atoms with Crippen molar-refractivity contribution in [2.75, 3.05) is 11.9 Å². The van der Waals surface area contributed by atoms with Gasteiger partial charge in [0.15, 0.2) is 6.10 Å². The molecule has 1 unspecified atom stereocenters. The number of benzene rings is 1. The number of ether oxygens (including phenoxy) is 2. The van der Waals surface area contributed by atoms with Crippen molar-refractivity contribution in [1.82, 2.24) is 9.97 Å². The number of aromatic amines is 1. The normalized spacial score (nSPS) is 13.9. The predicted molar refractivity (Wildman–Crippen MR) is 134 cm³/mol. The largest absolute Gasteiger partial charge is 0.462 e. The number of amides is 1. The second-order valence-corrected chi connectivity index (χ2v) is 9.40. The molecule has 8 nitrogen and oxygen atoms in total. The summed E-state index contributed by atoms with van der Waals surface area (Å²) in [4.78, 5) is 46.9. The maximum atomic E-state index is 13.1. The summed E-state index contributed by atoms with van der Waals surface area (Å²) < 4.78 is 10.8. The Hall–Kier alpha value is -3.46. The first-order valence-electron chi connectivity index (χ1n) is 11.9. The second kappa shape index (κ2) is 11.3. The number of aryl methyl sites for hydroxylation is 1. The minimum Gasteiger partial charge on any atom is -0.462 e. The number of H-pyrrole nitrogens is 1. The van der Waals surface area contributed by atoms with Crippen LogP contribution in [0, 0.1) is 0 Å². The molecule has 1 aliphatic carbocycles. The van der Waals surface area contributed by atoms with Crippen LogP contribution in [-0.4, -0.2) is 40.5 Å². The summed E-state index contributed by atoms with van der Waals surface area (Å²) in [6.07, 6.45) is 7.50. The summed E-state index contributed by atoms with van der Waals surface area (Å²) in [7, 11) is 0. The number of nitrogens with zero attached hydrogens (tertiary/aromatic N) is 1. The molecule has 3 aromatic rings. The van der Waals surface area contributed by atoms with Gasteiger partial charge in [-0.2, -0.15) is 0 Å². The molecule has 35 heavy (non-hydrogen) atoms. The molecule has 2 heterocycles. The number of thiophene rings is 1. The Morgan fingerprint density at radius 2 is 1.86 bits per heavy atom. The summed E-state index contributed by atoms with van der Waals surface area (Å²) >= 11 is 1.42. The smallest absolute Gasteiger partial charge is 0.341 e. The molecule has 1 atom stereocenters. The lowest BCUT2D eigenvalue weighted by Gasteiger charge is -2.16. The number of hydrogen-bond donors (Lipinski definition) is 2. The van der Waals surface area contributed by atoms with Gasteiger partial charge in [0.2, 0.25) is 0 Å². The quantitative estimate of drug-likeness (QED) is 0.330. The number of fused-ring (bicyclic) bond motifs is 1. The molecule has 1 aliphatic rings. The monoisotopic (exact) mass is 495 g/mol. The van der Waals surface area contributed by atoms with Crippen molar-refractivity contribution in [3.8, 4) is 11.4 Å². The van der Waals surface area contributed by atoms with E-state index in [0.717, 1.165) is 48.1 Å². The first-order valence-corrected chi connectivity index (χ1v) is 12.8. The van der Waals surface area contributed by atoms with Gasteiger partial charge in [-0.15, -0.1) is 11.3 Å². The van der Waals surface area contributed by atoms with Crippen molar-refractivity contribution < 1.29 is 23.9 Å². The highest BCUT2D eigenvalue weighted by molar-refractivity contribution is 7.17. The van der Waals surface area contributed by atoms with E-state index in [1.807, 2.05) is 0 Å². The van der Waals surface area contributed by atoms with Crippen LogP contribution in [0.5, 0.6) is 0 Å². The first-order chi connectivity index (χ1) is 17.0. The molecule has 184 valence electrons. The Balaban J connectivity index is 1.48. The minimum absolute atomic E-state index is 0.255. The van der Waals surface area contributed by atoms with E-state index in [0.29, 0.717) is 28.4 Å². The van der Waals surface area contributed by atoms with Crippen LogP contribution in [0.4, 0.5) is 5.00 Å². The maximum Gasteiger partial charge on any atom is 0.341 e. The number of esters is 2. The number of aromatic nitrogens is 2. The fraction of sp³-hybridized carbons (Fsp3) is 0.385. The third-order valence-electron chi connectivity index (χ3n) is 5.94. The number of nitrogens with one attached hydrogen (secondary N) is 2. The molecule has 0 saturated heterocycles. The van der Waals surface area contributed by atoms with Gasteiger partial charge < -0.3 is 19.8 Å². The van der Waals surface area contributed by atoms with Crippen molar-refractivity contribution >= 4 is 34.2 Å². The zero-order valence-electron chi connectivity index (χ0n) is 19.9. The maximum absolute atomic E-state index is 13.1. The summed E-state index contributed by atoms with van der Waals surface area (Å²) in [5, 5.41) is 3.32. The van der Waals surface area contributed by atoms with E-state index < -0.39 is 23.9 Å². The molecule has 1 amide bonds. The van der Waals surface area contributed by atoms with Crippen LogP contribution in [0.2, 0.25) is 0 Å². The zero-order valence-corrected chi connectivity index (χ0v) is 20.7. The van der Waals surface area contributed by atoms with Gasteiger partial charge in [0.1, 0.15) is 10.8 Å². The Kier molecular flexibility index (Phi) is 7.97. The van der Waals surface area contributed by atoms with E-state index in [2.05, 4.69) is 15.3 Å². The molecule has 0 saturated carbocycles. The molecule has 4 rings (SSSR count). The number of carbonyl (C=O) groups is 3. The molecule has 2 aromatic heterocycles. The molecule has 0 spiro atoms. The Bertz CT molecular complexity index is 1180. The van der Waals surface area contributed by atoms with Gasteiger partial charge in [-0.3, -0.25) is 4.79 Å². The van der Waals surface area contributed by atoms with Gasteiger partial charge in [0, 0.05) is 22.8 Å². The molecule has 9 heteroatoms. The standard InChI is InChI=1S/C26H29N3O5S/c1-3-19(34-25(31)17-12-10-16(11-13-17)22-27-14-15-28-22)23(30)29-24-21(26(32)33-4-2)18-8-6-5-7-9-20(18)35-24/h10-15,19H,3-9H2,1-2H3,(H,27,28)(H,29,30). The first kappa shape index (κ1) is 24.7. The lowest BCUT2D eigenvalue weighted by Crippen LogP contribution is -2.32. The lowest BCUT2D eigenvalue weighted by molar-refractivity contribution is -0.124. The lowest BCUT2D eigenvalue weighted by atomic mass is 10.1. The molecular formula is C26H29N3O5S. The molecule has 0 aliphatic heterocycles. The van der Waals surface area contributed by atoms with Crippen LogP contribution >= 0.6 is 11.3 Å². The van der Waals surface area contributed by atoms with Crippen molar-refractivity contribution in [1.29, 1.82) is 0 Å². The van der Waals surface area contributed by atoms with Crippen molar-refractivity contribution in [2.24, 2.45) is 0 Å². The molecule has 1 aromatic carbocycles. The number of anilines is 1. The summed E-state index contributed by atoms with van der Waals surface area (Å²) in [6, 6.07) is 6.81. The van der Waals surface area contributed by atoms with Crippen LogP contribution < -0.4 is 5.32 Å². The summed E-state index contributed by atoms with van der Waals surface area (Å²) in [6.45, 7) is 3.78. The van der Waals surface area contributed by atoms with E-state index in [-0.39, 0.29) is 6.61 Å². The number of rotatable bonds is 8. The van der Waals surface area contributed by atoms with Crippen molar-refractivity contribution in [3.05, 3.63) is 58.2 Å². The van der Waals surface area contributed by atoms with Crippen LogP contribution in [0.15, 0.2) is 36.7 Å². The Morgan fingerprint density at radius 1 is 1.09 bits per heavy atom. The van der Waals surface area contributed by atoms with Crippen LogP contribution in [0.1, 0.15) is 70.7 Å². The van der Waals surface area contributed by atoms with Gasteiger partial charge >= 0.3 is 11.9 Å². The third kappa shape index (κ3) is 5.62. The average Bonchev–Trinajstić information content (AvgIpc) is 3.45. The number of carbonyl (C=O) groups excluding carboxylic acids is 3. The van der Waals surface area contributed by atoms with Crippen molar-refractivity contribution in [3.63, 3.8) is 0 Å². The molecule has 0 fully saturated rings. The van der Waals surface area contributed by atoms with Crippen LogP contribution in [0.25, 0.3) is 11.4 Å². The van der Waals surface area contributed by atoms with E-state index in [1.54, 1.807) is 50.5 Å². The average molecular weight is 496 g/mol. The van der Waals surface area contributed by atoms with Crippen LogP contribution in [-0.2, 0) is 27.1 Å². The molecule has 0 radical (unpaired) electrons. The molecular weight excluding hydrogens is 466 g/mol. The third-order valence-corrected chi connectivity index (χ3v) is 7.15. The fourth-order valence-corrected chi connectivity index (χ4v) is 5.43. The van der Waals surface area contributed by atoms with E-state index in [9.17, 15) is 14.4 Å². The Labute approximate surface area is 208 Å². The van der Waals surface area contributed by atoms with Gasteiger partial charge in [0.05, 0.1) is 17.7 Å². The van der Waals surface area contributed by atoms with Gasteiger partial charge in [-0.1, -0.05) is 25.5 Å². The highest BCUT2D eigenvalue weighted by Crippen LogP contribution is 2.38. The molecule has 0 bridgehead atoms. The SMILES string of the molecule is CCOC(=O)c1c(NC(=O)C(CC)OC(=O)c2ccc(-c3ncc[nH]3)cc2)sc2c1CCCCC2. The zero-order chi connectivity index (χ0) is 24.8. The fourth-order valence-electron chi connectivity index (χ4n) is 4.15. The summed E-state index contributed by atoms with van der Waals surface area (Å²) in [5.41, 5.74) is 2.58. The topological polar surface area (TPSA) is 110 Å². The molecule has 2 N–H and O–H groups in total. The highest BCUT2D eigenvalue weighted by Gasteiger charge is 2.29. The van der Waals surface area contributed by atoms with Gasteiger partial charge in [-0.05, 0) is 56.7 Å².